The van der Waals surface area contributed by atoms with Crippen molar-refractivity contribution in [3.05, 3.63) is 54.2 Å². The lowest BCUT2D eigenvalue weighted by Crippen LogP contribution is -2.48. The highest BCUT2D eigenvalue weighted by Crippen LogP contribution is 2.10. The molecule has 0 spiro atoms. The molecule has 2 aromatic rings. The molecule has 0 atom stereocenters. The first kappa shape index (κ1) is 12.9. The molecule has 0 bridgehead atoms. The van der Waals surface area contributed by atoms with Gasteiger partial charge < -0.3 is 9.32 Å². The Morgan fingerprint density at radius 1 is 1.15 bits per heavy atom. The van der Waals surface area contributed by atoms with Gasteiger partial charge in [0.25, 0.3) is 5.91 Å². The summed E-state index contributed by atoms with van der Waals surface area (Å²) in [7, 11) is 0. The van der Waals surface area contributed by atoms with Gasteiger partial charge in [0.2, 0.25) is 0 Å². The number of pyridine rings is 1. The number of rotatable bonds is 3. The standard InChI is InChI=1S/C15H17N3O2/c19-15(14-5-1-2-6-16-14)18-9-7-17(8-10-18)12-13-4-3-11-20-13/h1-6,11H,7-10,12H2. The number of furan rings is 1. The summed E-state index contributed by atoms with van der Waals surface area (Å²) < 4.78 is 5.35. The number of piperazine rings is 1. The van der Waals surface area contributed by atoms with E-state index in [1.54, 1.807) is 18.5 Å². The smallest absolute Gasteiger partial charge is 0.272 e. The third-order valence-electron chi connectivity index (χ3n) is 3.50. The molecule has 104 valence electrons. The molecular formula is C15H17N3O2. The Morgan fingerprint density at radius 2 is 2.00 bits per heavy atom. The van der Waals surface area contributed by atoms with E-state index in [9.17, 15) is 4.79 Å². The molecule has 1 aliphatic heterocycles. The molecule has 3 rings (SSSR count). The average Bonchev–Trinajstić information content (AvgIpc) is 3.01. The van der Waals surface area contributed by atoms with Crippen molar-refractivity contribution < 1.29 is 9.21 Å². The van der Waals surface area contributed by atoms with E-state index in [0.717, 1.165) is 38.5 Å². The average molecular weight is 271 g/mol. The van der Waals surface area contributed by atoms with E-state index in [-0.39, 0.29) is 5.91 Å². The number of carbonyl (C=O) groups is 1. The topological polar surface area (TPSA) is 49.6 Å². The van der Waals surface area contributed by atoms with Gasteiger partial charge in [0.05, 0.1) is 12.8 Å². The summed E-state index contributed by atoms with van der Waals surface area (Å²) in [6.45, 7) is 3.99. The molecular weight excluding hydrogens is 254 g/mol. The van der Waals surface area contributed by atoms with Gasteiger partial charge in [-0.3, -0.25) is 14.7 Å². The number of aromatic nitrogens is 1. The van der Waals surface area contributed by atoms with Crippen LogP contribution >= 0.6 is 0 Å². The van der Waals surface area contributed by atoms with Crippen molar-refractivity contribution in [3.8, 4) is 0 Å². The van der Waals surface area contributed by atoms with Crippen molar-refractivity contribution in [2.45, 2.75) is 6.54 Å². The number of hydrogen-bond donors (Lipinski definition) is 0. The van der Waals surface area contributed by atoms with Crippen LogP contribution in [0.2, 0.25) is 0 Å². The van der Waals surface area contributed by atoms with Crippen molar-refractivity contribution in [2.75, 3.05) is 26.2 Å². The zero-order valence-corrected chi connectivity index (χ0v) is 11.2. The normalized spacial score (nSPS) is 16.3. The predicted octanol–water partition coefficient (Wildman–Crippen LogP) is 1.63. The Bertz CT molecular complexity index is 546. The van der Waals surface area contributed by atoms with Crippen LogP contribution in [0.15, 0.2) is 47.2 Å². The second-order valence-corrected chi connectivity index (χ2v) is 4.86. The Morgan fingerprint density at radius 3 is 2.65 bits per heavy atom. The first-order valence-corrected chi connectivity index (χ1v) is 6.78. The number of amides is 1. The molecule has 3 heterocycles. The molecule has 2 aromatic heterocycles. The van der Waals surface area contributed by atoms with Crippen LogP contribution in [0.25, 0.3) is 0 Å². The summed E-state index contributed by atoms with van der Waals surface area (Å²) >= 11 is 0. The maximum Gasteiger partial charge on any atom is 0.272 e. The highest BCUT2D eigenvalue weighted by molar-refractivity contribution is 5.92. The predicted molar refractivity (Wildman–Crippen MR) is 74.1 cm³/mol. The van der Waals surface area contributed by atoms with Gasteiger partial charge in [-0.15, -0.1) is 0 Å². The minimum Gasteiger partial charge on any atom is -0.468 e. The van der Waals surface area contributed by atoms with Crippen molar-refractivity contribution >= 4 is 5.91 Å². The Hall–Kier alpha value is -2.14. The number of nitrogens with zero attached hydrogens (tertiary/aromatic N) is 3. The van der Waals surface area contributed by atoms with Crippen molar-refractivity contribution in [1.82, 2.24) is 14.8 Å². The largest absolute Gasteiger partial charge is 0.468 e. The lowest BCUT2D eigenvalue weighted by Gasteiger charge is -2.34. The molecule has 0 unspecified atom stereocenters. The Kier molecular flexibility index (Phi) is 3.78. The maximum atomic E-state index is 12.2. The summed E-state index contributed by atoms with van der Waals surface area (Å²) in [4.78, 5) is 20.5. The molecule has 0 N–H and O–H groups in total. The van der Waals surface area contributed by atoms with E-state index in [1.807, 2.05) is 29.2 Å². The fourth-order valence-corrected chi connectivity index (χ4v) is 2.38. The van der Waals surface area contributed by atoms with Crippen molar-refractivity contribution in [2.24, 2.45) is 0 Å². The van der Waals surface area contributed by atoms with E-state index in [2.05, 4.69) is 9.88 Å². The first-order chi connectivity index (χ1) is 9.83. The lowest BCUT2D eigenvalue weighted by molar-refractivity contribution is 0.0614. The van der Waals surface area contributed by atoms with Gasteiger partial charge in [-0.25, -0.2) is 0 Å². The molecule has 1 saturated heterocycles. The molecule has 0 aromatic carbocycles. The summed E-state index contributed by atoms with van der Waals surface area (Å²) in [5.41, 5.74) is 0.520. The van der Waals surface area contributed by atoms with Crippen LogP contribution in [-0.4, -0.2) is 46.9 Å². The fourth-order valence-electron chi connectivity index (χ4n) is 2.38. The minimum absolute atomic E-state index is 0.0169. The van der Waals surface area contributed by atoms with Gasteiger partial charge in [0.1, 0.15) is 11.5 Å². The molecule has 0 aliphatic carbocycles. The van der Waals surface area contributed by atoms with Gasteiger partial charge in [-0.05, 0) is 24.3 Å². The lowest BCUT2D eigenvalue weighted by atomic mass is 10.2. The first-order valence-electron chi connectivity index (χ1n) is 6.78. The summed E-state index contributed by atoms with van der Waals surface area (Å²) in [5, 5.41) is 0. The third-order valence-corrected chi connectivity index (χ3v) is 3.50. The van der Waals surface area contributed by atoms with Gasteiger partial charge in [-0.1, -0.05) is 6.07 Å². The number of carbonyl (C=O) groups excluding carboxylic acids is 1. The molecule has 20 heavy (non-hydrogen) atoms. The summed E-state index contributed by atoms with van der Waals surface area (Å²) in [6, 6.07) is 9.30. The SMILES string of the molecule is O=C(c1ccccn1)N1CCN(Cc2ccco2)CC1. The summed E-state index contributed by atoms with van der Waals surface area (Å²) in [5.74, 6) is 0.984. The molecule has 5 heteroatoms. The van der Waals surface area contributed by atoms with E-state index in [4.69, 9.17) is 4.42 Å². The van der Waals surface area contributed by atoms with E-state index >= 15 is 0 Å². The van der Waals surface area contributed by atoms with Gasteiger partial charge in [0.15, 0.2) is 0 Å². The molecule has 1 aliphatic rings. The zero-order chi connectivity index (χ0) is 13.8. The van der Waals surface area contributed by atoms with E-state index < -0.39 is 0 Å². The molecule has 1 fully saturated rings. The van der Waals surface area contributed by atoms with Crippen LogP contribution in [0.5, 0.6) is 0 Å². The van der Waals surface area contributed by atoms with Crippen LogP contribution < -0.4 is 0 Å². The van der Waals surface area contributed by atoms with Crippen LogP contribution in [0, 0.1) is 0 Å². The maximum absolute atomic E-state index is 12.2. The second-order valence-electron chi connectivity index (χ2n) is 4.86. The van der Waals surface area contributed by atoms with Crippen molar-refractivity contribution in [1.29, 1.82) is 0 Å². The van der Waals surface area contributed by atoms with E-state index in [1.165, 1.54) is 0 Å². The highest BCUT2D eigenvalue weighted by atomic mass is 16.3. The molecule has 5 nitrogen and oxygen atoms in total. The third kappa shape index (κ3) is 2.88. The van der Waals surface area contributed by atoms with Crippen molar-refractivity contribution in [3.63, 3.8) is 0 Å². The minimum atomic E-state index is 0.0169. The van der Waals surface area contributed by atoms with Crippen LogP contribution in [0.3, 0.4) is 0 Å². The molecule has 1 amide bonds. The van der Waals surface area contributed by atoms with Gasteiger partial charge >= 0.3 is 0 Å². The van der Waals surface area contributed by atoms with Crippen LogP contribution in [-0.2, 0) is 6.54 Å². The number of hydrogen-bond acceptors (Lipinski definition) is 4. The summed E-state index contributed by atoms with van der Waals surface area (Å²) in [6.07, 6.45) is 3.34. The monoisotopic (exact) mass is 271 g/mol. The quantitative estimate of drug-likeness (QED) is 0.851. The van der Waals surface area contributed by atoms with Gasteiger partial charge in [0, 0.05) is 32.4 Å². The molecule has 0 saturated carbocycles. The fraction of sp³-hybridized carbons (Fsp3) is 0.333. The molecule has 0 radical (unpaired) electrons. The Balaban J connectivity index is 1.55. The van der Waals surface area contributed by atoms with Crippen LogP contribution in [0.4, 0.5) is 0 Å². The zero-order valence-electron chi connectivity index (χ0n) is 11.2. The highest BCUT2D eigenvalue weighted by Gasteiger charge is 2.22. The Labute approximate surface area is 117 Å². The van der Waals surface area contributed by atoms with Gasteiger partial charge in [-0.2, -0.15) is 0 Å². The van der Waals surface area contributed by atoms with Crippen LogP contribution in [0.1, 0.15) is 16.2 Å². The van der Waals surface area contributed by atoms with E-state index in [0.29, 0.717) is 5.69 Å². The second kappa shape index (κ2) is 5.88.